The van der Waals surface area contributed by atoms with Gasteiger partial charge in [0, 0.05) is 23.7 Å². The maximum Gasteiger partial charge on any atom is 0.341 e. The largest absolute Gasteiger partial charge is 0.477 e. The van der Waals surface area contributed by atoms with Gasteiger partial charge >= 0.3 is 5.97 Å². The lowest BCUT2D eigenvalue weighted by atomic mass is 9.96. The van der Waals surface area contributed by atoms with Gasteiger partial charge in [0.15, 0.2) is 0 Å². The molecule has 6 nitrogen and oxygen atoms in total. The topological polar surface area (TPSA) is 93.4 Å². The van der Waals surface area contributed by atoms with Crippen LogP contribution in [0, 0.1) is 0 Å². The number of hydrogen-bond donors (Lipinski definition) is 1. The highest BCUT2D eigenvalue weighted by Gasteiger charge is 2.33. The number of allylic oxidation sites excluding steroid dienone is 2. The molecule has 0 bridgehead atoms. The van der Waals surface area contributed by atoms with Crippen molar-refractivity contribution < 1.29 is 19.5 Å². The molecule has 126 valence electrons. The predicted octanol–water partition coefficient (Wildman–Crippen LogP) is 2.62. The van der Waals surface area contributed by atoms with Crippen molar-refractivity contribution in [1.82, 2.24) is 4.57 Å². The van der Waals surface area contributed by atoms with E-state index >= 15 is 0 Å². The van der Waals surface area contributed by atoms with E-state index in [0.29, 0.717) is 0 Å². The lowest BCUT2D eigenvalue weighted by molar-refractivity contribution is 0.0693. The van der Waals surface area contributed by atoms with Gasteiger partial charge in [-0.25, -0.2) is 4.79 Å². The minimum atomic E-state index is -1.43. The van der Waals surface area contributed by atoms with Crippen LogP contribution in [0.3, 0.4) is 0 Å². The lowest BCUT2D eigenvalue weighted by Crippen LogP contribution is -2.32. The smallest absolute Gasteiger partial charge is 0.341 e. The molecule has 3 rings (SSSR count). The van der Waals surface area contributed by atoms with Gasteiger partial charge in [0.05, 0.1) is 10.5 Å². The second-order valence-electron chi connectivity index (χ2n) is 5.30. The third-order valence-electron chi connectivity index (χ3n) is 3.77. The van der Waals surface area contributed by atoms with Gasteiger partial charge in [-0.1, -0.05) is 30.0 Å². The molecule has 7 heteroatoms. The highest BCUT2D eigenvalue weighted by atomic mass is 32.2. The minimum absolute atomic E-state index is 0.0556. The molecule has 0 aliphatic heterocycles. The average molecular weight is 355 g/mol. The quantitative estimate of drug-likeness (QED) is 0.906. The number of aryl methyl sites for hydroxylation is 1. The summed E-state index contributed by atoms with van der Waals surface area (Å²) in [6.45, 7) is 1.96. The third kappa shape index (κ3) is 2.94. The molecule has 0 atom stereocenters. The number of ketones is 2. The summed E-state index contributed by atoms with van der Waals surface area (Å²) < 4.78 is 1.33. The van der Waals surface area contributed by atoms with Gasteiger partial charge in [0.2, 0.25) is 17.0 Å². The molecule has 0 radical (unpaired) electrons. The number of pyridine rings is 1. The fraction of sp³-hybridized carbons (Fsp3) is 0.111. The van der Waals surface area contributed by atoms with Crippen molar-refractivity contribution in [3.63, 3.8) is 0 Å². The molecular formula is C18H13NO5S. The molecule has 1 aromatic carbocycles. The first-order chi connectivity index (χ1) is 11.9. The summed E-state index contributed by atoms with van der Waals surface area (Å²) in [6.07, 6.45) is 2.31. The van der Waals surface area contributed by atoms with Gasteiger partial charge in [0.1, 0.15) is 11.3 Å². The molecule has 1 aliphatic carbocycles. The zero-order valence-corrected chi connectivity index (χ0v) is 14.0. The fourth-order valence-electron chi connectivity index (χ4n) is 2.61. The molecule has 1 heterocycles. The summed E-state index contributed by atoms with van der Waals surface area (Å²) in [6, 6.07) is 8.95. The Kier molecular flexibility index (Phi) is 4.41. The van der Waals surface area contributed by atoms with Crippen LogP contribution in [0.1, 0.15) is 38.1 Å². The van der Waals surface area contributed by atoms with Crippen molar-refractivity contribution in [1.29, 1.82) is 0 Å². The number of Topliss-reactive ketones (excluding diaryl/α,β-unsaturated/α-hetero) is 1. The normalized spacial score (nSPS) is 13.4. The van der Waals surface area contributed by atoms with Crippen LogP contribution in [0.2, 0.25) is 0 Å². The highest BCUT2D eigenvalue weighted by molar-refractivity contribution is 8.04. The SMILES string of the molecule is CCn1cc(C(=O)O)c(=O)c2c1C(=O)C=C(Sc1ccccc1)C2=O. The van der Waals surface area contributed by atoms with Gasteiger partial charge in [-0.05, 0) is 19.1 Å². The number of aromatic carboxylic acids is 1. The van der Waals surface area contributed by atoms with E-state index in [-0.39, 0.29) is 22.7 Å². The summed E-state index contributed by atoms with van der Waals surface area (Å²) >= 11 is 1.07. The van der Waals surface area contributed by atoms with Crippen LogP contribution < -0.4 is 5.43 Å². The molecule has 0 saturated heterocycles. The summed E-state index contributed by atoms with van der Waals surface area (Å²) in [7, 11) is 0. The number of benzene rings is 1. The zero-order valence-electron chi connectivity index (χ0n) is 13.2. The van der Waals surface area contributed by atoms with Crippen LogP contribution in [-0.2, 0) is 6.54 Å². The Morgan fingerprint density at radius 1 is 1.16 bits per heavy atom. The number of carboxylic acid groups (broad SMARTS) is 1. The molecule has 0 fully saturated rings. The number of carboxylic acids is 1. The van der Waals surface area contributed by atoms with Gasteiger partial charge in [0.25, 0.3) is 0 Å². The summed E-state index contributed by atoms with van der Waals surface area (Å²) in [5.41, 5.74) is -1.87. The van der Waals surface area contributed by atoms with Crippen LogP contribution >= 0.6 is 11.8 Å². The van der Waals surface area contributed by atoms with E-state index in [1.54, 1.807) is 31.2 Å². The molecule has 0 saturated carbocycles. The number of hydrogen-bond acceptors (Lipinski definition) is 5. The Labute approximate surface area is 146 Å². The third-order valence-corrected chi connectivity index (χ3v) is 4.80. The van der Waals surface area contributed by atoms with Gasteiger partial charge < -0.3 is 9.67 Å². The van der Waals surface area contributed by atoms with Crippen molar-refractivity contribution >= 4 is 29.3 Å². The van der Waals surface area contributed by atoms with Crippen molar-refractivity contribution in [2.45, 2.75) is 18.4 Å². The van der Waals surface area contributed by atoms with Crippen LogP contribution in [0.25, 0.3) is 0 Å². The Hall–Kier alpha value is -2.93. The Bertz CT molecular complexity index is 989. The molecule has 1 aliphatic rings. The maximum absolute atomic E-state index is 12.8. The molecule has 1 N–H and O–H groups in total. The van der Waals surface area contributed by atoms with Crippen molar-refractivity contribution in [3.05, 3.63) is 74.6 Å². The lowest BCUT2D eigenvalue weighted by Gasteiger charge is -2.19. The molecular weight excluding hydrogens is 342 g/mol. The maximum atomic E-state index is 12.8. The van der Waals surface area contributed by atoms with Gasteiger partial charge in [-0.3, -0.25) is 14.4 Å². The fourth-order valence-corrected chi connectivity index (χ4v) is 3.52. The van der Waals surface area contributed by atoms with Crippen LogP contribution in [-0.4, -0.2) is 27.2 Å². The number of fused-ring (bicyclic) bond motifs is 1. The van der Waals surface area contributed by atoms with E-state index in [1.807, 2.05) is 6.07 Å². The highest BCUT2D eigenvalue weighted by Crippen LogP contribution is 2.32. The number of aromatic nitrogens is 1. The van der Waals surface area contributed by atoms with E-state index in [4.69, 9.17) is 0 Å². The molecule has 2 aromatic rings. The monoisotopic (exact) mass is 355 g/mol. The standard InChI is InChI=1S/C18H13NO5S/c1-2-19-9-11(18(23)24)16(21)14-15(19)12(20)8-13(17(14)22)25-10-6-4-3-5-7-10/h3-9H,2H2,1H3,(H,23,24). The van der Waals surface area contributed by atoms with Crippen molar-refractivity contribution in [3.8, 4) is 0 Å². The molecule has 0 spiro atoms. The minimum Gasteiger partial charge on any atom is -0.477 e. The Morgan fingerprint density at radius 3 is 2.44 bits per heavy atom. The number of carbonyl (C=O) groups is 3. The van der Waals surface area contributed by atoms with Crippen LogP contribution in [0.15, 0.2) is 57.2 Å². The molecule has 0 amide bonds. The first-order valence-corrected chi connectivity index (χ1v) is 8.30. The van der Waals surface area contributed by atoms with E-state index < -0.39 is 28.5 Å². The molecule has 0 unspecified atom stereocenters. The van der Waals surface area contributed by atoms with Crippen molar-refractivity contribution in [2.75, 3.05) is 0 Å². The number of thioether (sulfide) groups is 1. The molecule has 1 aromatic heterocycles. The number of nitrogens with zero attached hydrogens (tertiary/aromatic N) is 1. The molecule has 25 heavy (non-hydrogen) atoms. The van der Waals surface area contributed by atoms with Gasteiger partial charge in [-0.15, -0.1) is 0 Å². The van der Waals surface area contributed by atoms with E-state index in [2.05, 4.69) is 0 Å². The second kappa shape index (κ2) is 6.52. The summed E-state index contributed by atoms with van der Waals surface area (Å²) in [4.78, 5) is 49.9. The first-order valence-electron chi connectivity index (χ1n) is 7.48. The van der Waals surface area contributed by atoms with E-state index in [1.165, 1.54) is 10.6 Å². The Morgan fingerprint density at radius 2 is 1.84 bits per heavy atom. The summed E-state index contributed by atoms with van der Waals surface area (Å²) in [5.74, 6) is -2.54. The van der Waals surface area contributed by atoms with Crippen LogP contribution in [0.4, 0.5) is 0 Å². The van der Waals surface area contributed by atoms with Crippen molar-refractivity contribution in [2.24, 2.45) is 0 Å². The zero-order chi connectivity index (χ0) is 18.1. The van der Waals surface area contributed by atoms with E-state index in [0.717, 1.165) is 22.9 Å². The van der Waals surface area contributed by atoms with E-state index in [9.17, 15) is 24.3 Å². The Balaban J connectivity index is 2.17. The predicted molar refractivity (Wildman–Crippen MR) is 92.4 cm³/mol. The first kappa shape index (κ1) is 16.9. The van der Waals surface area contributed by atoms with Crippen LogP contribution in [0.5, 0.6) is 0 Å². The number of rotatable bonds is 4. The summed E-state index contributed by atoms with van der Waals surface area (Å²) in [5, 5.41) is 9.21. The average Bonchev–Trinajstić information content (AvgIpc) is 2.59. The number of carbonyl (C=O) groups excluding carboxylic acids is 2. The van der Waals surface area contributed by atoms with Gasteiger partial charge in [-0.2, -0.15) is 0 Å². The second-order valence-corrected chi connectivity index (χ2v) is 6.42.